The van der Waals surface area contributed by atoms with Crippen LogP contribution in [0.15, 0.2) is 60.1 Å². The summed E-state index contributed by atoms with van der Waals surface area (Å²) in [6.45, 7) is 0. The molecule has 1 N–H and O–H groups in total. The number of rotatable bonds is 3. The van der Waals surface area contributed by atoms with Gasteiger partial charge in [-0.15, -0.1) is 11.3 Å². The molecule has 0 saturated heterocycles. The van der Waals surface area contributed by atoms with Crippen LogP contribution in [0, 0.1) is 0 Å². The molecule has 0 aliphatic carbocycles. The largest absolute Gasteiger partial charge is 0.417 e. The van der Waals surface area contributed by atoms with Gasteiger partial charge >= 0.3 is 6.18 Å². The van der Waals surface area contributed by atoms with E-state index >= 15 is 0 Å². The fourth-order valence-electron chi connectivity index (χ4n) is 2.70. The van der Waals surface area contributed by atoms with Gasteiger partial charge in [0, 0.05) is 16.8 Å². The number of hydrogen-bond acceptors (Lipinski definition) is 3. The van der Waals surface area contributed by atoms with Gasteiger partial charge in [-0.3, -0.25) is 9.20 Å². The van der Waals surface area contributed by atoms with Crippen molar-refractivity contribution < 1.29 is 18.0 Å². The van der Waals surface area contributed by atoms with Gasteiger partial charge in [0.1, 0.15) is 17.2 Å². The van der Waals surface area contributed by atoms with Crippen molar-refractivity contribution in [1.29, 1.82) is 0 Å². The Hall–Kier alpha value is -2.84. The number of imidazole rings is 1. The fraction of sp³-hybridized carbons (Fsp3) is 0.0526. The summed E-state index contributed by atoms with van der Waals surface area (Å²) in [4.78, 5) is 17.8. The zero-order valence-electron chi connectivity index (χ0n) is 14.0. The van der Waals surface area contributed by atoms with Gasteiger partial charge in [-0.1, -0.05) is 17.7 Å². The zero-order chi connectivity index (χ0) is 19.9. The van der Waals surface area contributed by atoms with E-state index in [0.29, 0.717) is 21.9 Å². The van der Waals surface area contributed by atoms with Gasteiger partial charge in [-0.2, -0.15) is 13.2 Å². The lowest BCUT2D eigenvalue weighted by molar-refractivity contribution is -0.137. The first kappa shape index (κ1) is 18.5. The molecule has 4 aromatic rings. The van der Waals surface area contributed by atoms with Crippen molar-refractivity contribution in [3.05, 3.63) is 76.3 Å². The van der Waals surface area contributed by atoms with Crippen molar-refractivity contribution in [2.45, 2.75) is 6.18 Å². The first-order valence-electron chi connectivity index (χ1n) is 8.03. The van der Waals surface area contributed by atoms with Crippen molar-refractivity contribution in [1.82, 2.24) is 9.38 Å². The van der Waals surface area contributed by atoms with Crippen molar-refractivity contribution in [3.63, 3.8) is 0 Å². The van der Waals surface area contributed by atoms with E-state index in [9.17, 15) is 18.0 Å². The Bertz CT molecular complexity index is 1150. The van der Waals surface area contributed by atoms with E-state index < -0.39 is 17.6 Å². The fourth-order valence-corrected chi connectivity index (χ4v) is 3.54. The van der Waals surface area contributed by atoms with Crippen LogP contribution >= 0.6 is 22.9 Å². The van der Waals surface area contributed by atoms with Gasteiger partial charge in [-0.25, -0.2) is 4.98 Å². The molecular weight excluding hydrogens is 411 g/mol. The number of halogens is 4. The first-order valence-corrected chi connectivity index (χ1v) is 9.29. The standard InChI is InChI=1S/C19H11ClF3N3OS/c20-13-6-3-11(4-7-13)18(27)25-17-16(14-2-1-9-28-14)24-15-8-5-12(10-26(15)17)19(21,22)23/h1-10H,(H,25,27). The van der Waals surface area contributed by atoms with Crippen molar-refractivity contribution in [2.75, 3.05) is 5.32 Å². The van der Waals surface area contributed by atoms with Crippen molar-refractivity contribution >= 4 is 40.3 Å². The third-order valence-electron chi connectivity index (χ3n) is 4.04. The van der Waals surface area contributed by atoms with E-state index in [2.05, 4.69) is 10.3 Å². The maximum atomic E-state index is 13.2. The molecule has 0 aliphatic heterocycles. The Morgan fingerprint density at radius 1 is 1.11 bits per heavy atom. The Kier molecular flexibility index (Phi) is 4.60. The maximum Gasteiger partial charge on any atom is 0.417 e. The number of hydrogen-bond donors (Lipinski definition) is 1. The number of nitrogens with zero attached hydrogens (tertiary/aromatic N) is 2. The van der Waals surface area contributed by atoms with Gasteiger partial charge in [0.05, 0.1) is 10.4 Å². The molecule has 0 aliphatic rings. The molecule has 0 spiro atoms. The van der Waals surface area contributed by atoms with Crippen LogP contribution < -0.4 is 5.32 Å². The lowest BCUT2D eigenvalue weighted by Gasteiger charge is -2.10. The quantitative estimate of drug-likeness (QED) is 0.442. The second-order valence-corrected chi connectivity index (χ2v) is 7.28. The maximum absolute atomic E-state index is 13.2. The highest BCUT2D eigenvalue weighted by Crippen LogP contribution is 2.35. The Labute approximate surface area is 166 Å². The number of carbonyl (C=O) groups excluding carboxylic acids is 1. The van der Waals surface area contributed by atoms with E-state index in [4.69, 9.17) is 11.6 Å². The number of amides is 1. The average Bonchev–Trinajstić information content (AvgIpc) is 3.29. The van der Waals surface area contributed by atoms with E-state index in [1.54, 1.807) is 24.3 Å². The lowest BCUT2D eigenvalue weighted by atomic mass is 10.2. The van der Waals surface area contributed by atoms with Crippen LogP contribution in [0.1, 0.15) is 15.9 Å². The Balaban J connectivity index is 1.84. The monoisotopic (exact) mass is 421 g/mol. The molecule has 4 rings (SSSR count). The molecule has 0 unspecified atom stereocenters. The highest BCUT2D eigenvalue weighted by molar-refractivity contribution is 7.13. The number of thiophene rings is 1. The van der Waals surface area contributed by atoms with Crippen LogP contribution in [0.5, 0.6) is 0 Å². The van der Waals surface area contributed by atoms with E-state index in [0.717, 1.165) is 17.1 Å². The summed E-state index contributed by atoms with van der Waals surface area (Å²) in [5, 5.41) is 4.99. The molecule has 142 valence electrons. The number of alkyl halides is 3. The highest BCUT2D eigenvalue weighted by Gasteiger charge is 2.31. The number of anilines is 1. The molecule has 0 atom stereocenters. The van der Waals surface area contributed by atoms with Gasteiger partial charge < -0.3 is 5.32 Å². The summed E-state index contributed by atoms with van der Waals surface area (Å²) < 4.78 is 40.7. The average molecular weight is 422 g/mol. The minimum absolute atomic E-state index is 0.170. The van der Waals surface area contributed by atoms with Gasteiger partial charge in [-0.05, 0) is 47.8 Å². The topological polar surface area (TPSA) is 46.4 Å². The number of nitrogens with one attached hydrogen (secondary N) is 1. The summed E-state index contributed by atoms with van der Waals surface area (Å²) in [7, 11) is 0. The first-order chi connectivity index (χ1) is 13.3. The number of pyridine rings is 1. The van der Waals surface area contributed by atoms with E-state index in [1.807, 2.05) is 5.38 Å². The second kappa shape index (κ2) is 6.96. The van der Waals surface area contributed by atoms with Gasteiger partial charge in [0.2, 0.25) is 0 Å². The zero-order valence-corrected chi connectivity index (χ0v) is 15.6. The molecule has 1 aromatic carbocycles. The van der Waals surface area contributed by atoms with Gasteiger partial charge in [0.15, 0.2) is 0 Å². The third kappa shape index (κ3) is 3.48. The van der Waals surface area contributed by atoms with Crippen LogP contribution in [0.3, 0.4) is 0 Å². The SMILES string of the molecule is O=C(Nc1c(-c2cccs2)nc2ccc(C(F)(F)F)cn12)c1ccc(Cl)cc1. The Morgan fingerprint density at radius 2 is 1.86 bits per heavy atom. The minimum atomic E-state index is -4.51. The molecule has 0 bridgehead atoms. The van der Waals surface area contributed by atoms with Crippen LogP contribution in [-0.4, -0.2) is 15.3 Å². The normalized spacial score (nSPS) is 11.7. The second-order valence-electron chi connectivity index (χ2n) is 5.89. The molecular formula is C19H11ClF3N3OS. The Morgan fingerprint density at radius 3 is 2.50 bits per heavy atom. The van der Waals surface area contributed by atoms with E-state index in [-0.39, 0.29) is 5.82 Å². The molecule has 9 heteroatoms. The number of fused-ring (bicyclic) bond motifs is 1. The summed E-state index contributed by atoms with van der Waals surface area (Å²) >= 11 is 7.21. The van der Waals surface area contributed by atoms with Crippen LogP contribution in [0.4, 0.5) is 19.0 Å². The molecule has 3 aromatic heterocycles. The minimum Gasteiger partial charge on any atom is -0.306 e. The molecule has 4 nitrogen and oxygen atoms in total. The number of carbonyl (C=O) groups is 1. The van der Waals surface area contributed by atoms with Crippen LogP contribution in [0.25, 0.3) is 16.2 Å². The molecule has 0 radical (unpaired) electrons. The highest BCUT2D eigenvalue weighted by atomic mass is 35.5. The predicted octanol–water partition coefficient (Wildman–Crippen LogP) is 5.99. The summed E-state index contributed by atoms with van der Waals surface area (Å²) in [5.41, 5.74) is 0.181. The predicted molar refractivity (Wildman–Crippen MR) is 103 cm³/mol. The molecule has 0 saturated carbocycles. The molecule has 28 heavy (non-hydrogen) atoms. The van der Waals surface area contributed by atoms with Crippen LogP contribution in [0.2, 0.25) is 5.02 Å². The molecule has 1 amide bonds. The number of aromatic nitrogens is 2. The van der Waals surface area contributed by atoms with Crippen molar-refractivity contribution in [2.24, 2.45) is 0 Å². The smallest absolute Gasteiger partial charge is 0.306 e. The number of benzene rings is 1. The van der Waals surface area contributed by atoms with E-state index in [1.165, 1.54) is 33.9 Å². The van der Waals surface area contributed by atoms with Gasteiger partial charge in [0.25, 0.3) is 5.91 Å². The summed E-state index contributed by atoms with van der Waals surface area (Å²) in [6.07, 6.45) is -3.59. The van der Waals surface area contributed by atoms with Crippen molar-refractivity contribution in [3.8, 4) is 10.6 Å². The molecule has 3 heterocycles. The summed E-state index contributed by atoms with van der Waals surface area (Å²) in [5.74, 6) is -0.308. The lowest BCUT2D eigenvalue weighted by Crippen LogP contribution is -2.14. The third-order valence-corrected chi connectivity index (χ3v) is 5.17. The summed E-state index contributed by atoms with van der Waals surface area (Å²) in [6, 6.07) is 12.0. The van der Waals surface area contributed by atoms with Crippen LogP contribution in [-0.2, 0) is 6.18 Å². The molecule has 0 fully saturated rings.